The van der Waals surface area contributed by atoms with Crippen molar-refractivity contribution in [2.24, 2.45) is 0 Å². The highest BCUT2D eigenvalue weighted by Crippen LogP contribution is 2.32. The lowest BCUT2D eigenvalue weighted by molar-refractivity contribution is 0.407. The van der Waals surface area contributed by atoms with Gasteiger partial charge in [-0.1, -0.05) is 12.1 Å². The number of methoxy groups -OCH3 is 1. The van der Waals surface area contributed by atoms with Gasteiger partial charge < -0.3 is 15.4 Å². The summed E-state index contributed by atoms with van der Waals surface area (Å²) in [5, 5.41) is 4.20. The Bertz CT molecular complexity index is 862. The lowest BCUT2D eigenvalue weighted by Crippen LogP contribution is -2.32. The zero-order valence-electron chi connectivity index (χ0n) is 13.4. The monoisotopic (exact) mass is 322 g/mol. The first kappa shape index (κ1) is 14.5. The fourth-order valence-corrected chi connectivity index (χ4v) is 3.15. The molecule has 3 aromatic rings. The van der Waals surface area contributed by atoms with Crippen LogP contribution < -0.4 is 15.4 Å². The van der Waals surface area contributed by atoms with E-state index in [2.05, 4.69) is 26.0 Å². The van der Waals surface area contributed by atoms with Crippen LogP contribution in [0, 0.1) is 0 Å². The lowest BCUT2D eigenvalue weighted by atomic mass is 9.98. The van der Waals surface area contributed by atoms with Gasteiger partial charge in [-0.3, -0.25) is 0 Å². The summed E-state index contributed by atoms with van der Waals surface area (Å²) in [6.45, 7) is 1.57. The third kappa shape index (κ3) is 2.34. The first-order valence-electron chi connectivity index (χ1n) is 7.78. The van der Waals surface area contributed by atoms with E-state index in [1.165, 1.54) is 17.5 Å². The van der Waals surface area contributed by atoms with E-state index >= 15 is 0 Å². The van der Waals surface area contributed by atoms with Crippen LogP contribution in [-0.2, 0) is 13.0 Å². The van der Waals surface area contributed by atoms with Gasteiger partial charge in [0.25, 0.3) is 0 Å². The molecule has 0 radical (unpaired) electrons. The Morgan fingerprint density at radius 2 is 2.04 bits per heavy atom. The van der Waals surface area contributed by atoms with Gasteiger partial charge in [-0.05, 0) is 24.1 Å². The summed E-state index contributed by atoms with van der Waals surface area (Å²) in [7, 11) is 1.71. The molecule has 4 rings (SSSR count). The summed E-state index contributed by atoms with van der Waals surface area (Å²) in [6, 6.07) is 7.98. The molecule has 0 spiro atoms. The van der Waals surface area contributed by atoms with E-state index in [1.54, 1.807) is 18.0 Å². The topological polar surface area (TPSA) is 82.1 Å². The molecule has 0 saturated carbocycles. The summed E-state index contributed by atoms with van der Waals surface area (Å²) in [5.41, 5.74) is 9.36. The summed E-state index contributed by atoms with van der Waals surface area (Å²) in [5.74, 6) is 2.28. The van der Waals surface area contributed by atoms with Crippen LogP contribution in [0.15, 0.2) is 43.0 Å². The lowest BCUT2D eigenvalue weighted by Gasteiger charge is -2.31. The second kappa shape index (κ2) is 5.84. The molecule has 0 saturated heterocycles. The Labute approximate surface area is 139 Å². The van der Waals surface area contributed by atoms with Crippen LogP contribution in [-0.4, -0.2) is 33.4 Å². The number of nitrogens with zero attached hydrogens (tertiary/aromatic N) is 5. The van der Waals surface area contributed by atoms with Gasteiger partial charge in [0.2, 0.25) is 0 Å². The van der Waals surface area contributed by atoms with Gasteiger partial charge in [0.1, 0.15) is 17.8 Å². The predicted molar refractivity (Wildman–Crippen MR) is 91.3 cm³/mol. The summed E-state index contributed by atoms with van der Waals surface area (Å²) in [6.07, 6.45) is 5.94. The predicted octanol–water partition coefficient (Wildman–Crippen LogP) is 1.82. The van der Waals surface area contributed by atoms with Gasteiger partial charge in [-0.15, -0.1) is 0 Å². The van der Waals surface area contributed by atoms with Gasteiger partial charge >= 0.3 is 0 Å². The number of hydrogen-bond donors (Lipinski definition) is 1. The minimum Gasteiger partial charge on any atom is -0.496 e. The number of nitrogens with two attached hydrogens (primary N) is 1. The molecule has 3 heterocycles. The number of rotatable bonds is 3. The summed E-state index contributed by atoms with van der Waals surface area (Å²) in [4.78, 5) is 10.8. The first-order chi connectivity index (χ1) is 11.8. The van der Waals surface area contributed by atoms with Crippen molar-refractivity contribution in [2.75, 3.05) is 24.3 Å². The van der Waals surface area contributed by atoms with E-state index < -0.39 is 0 Å². The van der Waals surface area contributed by atoms with Crippen LogP contribution in [0.1, 0.15) is 11.1 Å². The smallest absolute Gasteiger partial charge is 0.181 e. The summed E-state index contributed by atoms with van der Waals surface area (Å²) >= 11 is 0. The van der Waals surface area contributed by atoms with Gasteiger partial charge in [-0.2, -0.15) is 5.10 Å². The molecule has 1 aliphatic rings. The number of benzene rings is 1. The van der Waals surface area contributed by atoms with Crippen molar-refractivity contribution in [3.8, 4) is 11.6 Å². The number of nitrogen functional groups attached to an aromatic ring is 1. The highest BCUT2D eigenvalue weighted by Gasteiger charge is 2.23. The molecule has 0 amide bonds. The number of hydrogen-bond acceptors (Lipinski definition) is 6. The average molecular weight is 322 g/mol. The molecule has 2 N–H and O–H groups in total. The maximum atomic E-state index is 6.33. The molecule has 24 heavy (non-hydrogen) atoms. The largest absolute Gasteiger partial charge is 0.496 e. The zero-order chi connectivity index (χ0) is 16.5. The maximum absolute atomic E-state index is 6.33. The van der Waals surface area contributed by atoms with Gasteiger partial charge in [-0.25, -0.2) is 14.6 Å². The number of aromatic nitrogens is 4. The molecule has 1 aliphatic heterocycles. The second-order valence-electron chi connectivity index (χ2n) is 5.65. The van der Waals surface area contributed by atoms with Crippen LogP contribution in [0.5, 0.6) is 5.75 Å². The SMILES string of the molecule is COc1cccc2c1CCN(c1ncnc(-n3cccn3)c1N)C2. The molecular weight excluding hydrogens is 304 g/mol. The van der Waals surface area contributed by atoms with E-state index in [1.807, 2.05) is 24.4 Å². The van der Waals surface area contributed by atoms with Gasteiger partial charge in [0.05, 0.1) is 7.11 Å². The minimum absolute atomic E-state index is 0.535. The average Bonchev–Trinajstić information content (AvgIpc) is 3.15. The third-order valence-corrected chi connectivity index (χ3v) is 4.31. The molecule has 0 bridgehead atoms. The molecule has 0 atom stereocenters. The van der Waals surface area contributed by atoms with Crippen molar-refractivity contribution in [3.05, 3.63) is 54.1 Å². The standard InChI is InChI=1S/C17H18N6O/c1-24-14-5-2-4-12-10-22(9-6-13(12)14)16-15(18)17(20-11-19-16)23-8-3-7-21-23/h2-5,7-8,11H,6,9-10,18H2,1H3. The Kier molecular flexibility index (Phi) is 3.53. The quantitative estimate of drug-likeness (QED) is 0.792. The highest BCUT2D eigenvalue weighted by atomic mass is 16.5. The Morgan fingerprint density at radius 3 is 2.83 bits per heavy atom. The Hall–Kier alpha value is -3.09. The molecule has 1 aromatic carbocycles. The van der Waals surface area contributed by atoms with E-state index in [4.69, 9.17) is 10.5 Å². The van der Waals surface area contributed by atoms with Crippen LogP contribution >= 0.6 is 0 Å². The Balaban J connectivity index is 1.69. The first-order valence-corrected chi connectivity index (χ1v) is 7.78. The molecule has 122 valence electrons. The van der Waals surface area contributed by atoms with E-state index in [-0.39, 0.29) is 0 Å². The van der Waals surface area contributed by atoms with Crippen LogP contribution in [0.3, 0.4) is 0 Å². The maximum Gasteiger partial charge on any atom is 0.181 e. The van der Waals surface area contributed by atoms with E-state index in [0.29, 0.717) is 11.5 Å². The molecule has 7 heteroatoms. The van der Waals surface area contributed by atoms with E-state index in [9.17, 15) is 0 Å². The molecular formula is C17H18N6O. The highest BCUT2D eigenvalue weighted by molar-refractivity contribution is 5.70. The van der Waals surface area contributed by atoms with Crippen LogP contribution in [0.2, 0.25) is 0 Å². The second-order valence-corrected chi connectivity index (χ2v) is 5.65. The van der Waals surface area contributed by atoms with Crippen molar-refractivity contribution in [3.63, 3.8) is 0 Å². The normalized spacial score (nSPS) is 13.6. The fraction of sp³-hybridized carbons (Fsp3) is 0.235. The van der Waals surface area contributed by atoms with Crippen LogP contribution in [0.25, 0.3) is 5.82 Å². The number of fused-ring (bicyclic) bond motifs is 1. The summed E-state index contributed by atoms with van der Waals surface area (Å²) < 4.78 is 7.12. The van der Waals surface area contributed by atoms with Gasteiger partial charge in [0.15, 0.2) is 11.6 Å². The Morgan fingerprint density at radius 1 is 1.17 bits per heavy atom. The molecule has 0 aliphatic carbocycles. The van der Waals surface area contributed by atoms with Crippen molar-refractivity contribution in [1.29, 1.82) is 0 Å². The zero-order valence-corrected chi connectivity index (χ0v) is 13.4. The van der Waals surface area contributed by atoms with Crippen molar-refractivity contribution in [2.45, 2.75) is 13.0 Å². The molecule has 0 fully saturated rings. The number of ether oxygens (including phenoxy) is 1. The number of anilines is 2. The molecule has 7 nitrogen and oxygen atoms in total. The minimum atomic E-state index is 0.535. The fourth-order valence-electron chi connectivity index (χ4n) is 3.15. The molecule has 2 aromatic heterocycles. The van der Waals surface area contributed by atoms with Crippen molar-refractivity contribution in [1.82, 2.24) is 19.7 Å². The van der Waals surface area contributed by atoms with E-state index in [0.717, 1.165) is 31.1 Å². The third-order valence-electron chi connectivity index (χ3n) is 4.31. The van der Waals surface area contributed by atoms with Crippen molar-refractivity contribution >= 4 is 11.5 Å². The van der Waals surface area contributed by atoms with Crippen LogP contribution in [0.4, 0.5) is 11.5 Å². The molecule has 0 unspecified atom stereocenters. The van der Waals surface area contributed by atoms with Gasteiger partial charge in [0, 0.05) is 31.0 Å². The van der Waals surface area contributed by atoms with Crippen molar-refractivity contribution < 1.29 is 4.74 Å².